The Morgan fingerprint density at radius 3 is 2.63 bits per heavy atom. The highest BCUT2D eigenvalue weighted by Gasteiger charge is 2.37. The second kappa shape index (κ2) is 4.85. The van der Waals surface area contributed by atoms with Crippen LogP contribution in [0.1, 0.15) is 48.9 Å². The van der Waals surface area contributed by atoms with Crippen molar-refractivity contribution in [1.29, 1.82) is 0 Å². The zero-order chi connectivity index (χ0) is 14.3. The minimum atomic E-state index is -0.837. The Hall–Kier alpha value is -1.55. The molecule has 0 spiro atoms. The van der Waals surface area contributed by atoms with Gasteiger partial charge in [0, 0.05) is 11.6 Å². The average molecular weight is 263 g/mol. The van der Waals surface area contributed by atoms with E-state index in [4.69, 9.17) is 5.11 Å². The largest absolute Gasteiger partial charge is 0.508 e. The Labute approximate surface area is 113 Å². The molecule has 0 bridgehead atoms. The lowest BCUT2D eigenvalue weighted by Gasteiger charge is -2.29. The molecule has 0 saturated carbocycles. The lowest BCUT2D eigenvalue weighted by molar-refractivity contribution is -0.143. The molecule has 1 aliphatic rings. The predicted octanol–water partition coefficient (Wildman–Crippen LogP) is 2.65. The summed E-state index contributed by atoms with van der Waals surface area (Å²) in [7, 11) is 1.81. The molecule has 1 aromatic rings. The van der Waals surface area contributed by atoms with Crippen molar-refractivity contribution < 1.29 is 15.0 Å². The van der Waals surface area contributed by atoms with E-state index in [9.17, 15) is 9.90 Å². The minimum Gasteiger partial charge on any atom is -0.508 e. The molecular formula is C15H21NO3. The summed E-state index contributed by atoms with van der Waals surface area (Å²) < 4.78 is 0. The number of carboxylic acids is 1. The number of phenols is 1. The summed E-state index contributed by atoms with van der Waals surface area (Å²) >= 11 is 0. The summed E-state index contributed by atoms with van der Waals surface area (Å²) in [6.07, 6.45) is 0.849. The van der Waals surface area contributed by atoms with Crippen molar-refractivity contribution in [3.05, 3.63) is 28.8 Å². The fourth-order valence-electron chi connectivity index (χ4n) is 3.12. The Kier molecular flexibility index (Phi) is 3.54. The zero-order valence-corrected chi connectivity index (χ0v) is 11.8. The summed E-state index contributed by atoms with van der Waals surface area (Å²) in [4.78, 5) is 13.0. The van der Waals surface area contributed by atoms with Crippen molar-refractivity contribution in [2.45, 2.75) is 45.2 Å². The number of fused-ring (bicyclic) bond motifs is 1. The third-order valence-electron chi connectivity index (χ3n) is 4.34. The first-order valence-electron chi connectivity index (χ1n) is 6.61. The number of hydrogen-bond donors (Lipinski definition) is 2. The molecule has 0 aromatic heterocycles. The SMILES string of the molecule is Cc1ccc(O)c2c1C(C)CC2N(C)C(C)C(=O)O. The monoisotopic (exact) mass is 263 g/mol. The maximum Gasteiger partial charge on any atom is 0.320 e. The second-order valence-electron chi connectivity index (χ2n) is 5.56. The number of phenolic OH excluding ortho intramolecular Hbond substituents is 1. The van der Waals surface area contributed by atoms with Crippen molar-refractivity contribution in [3.8, 4) is 5.75 Å². The van der Waals surface area contributed by atoms with E-state index in [-0.39, 0.29) is 11.8 Å². The van der Waals surface area contributed by atoms with Gasteiger partial charge in [0.1, 0.15) is 11.8 Å². The number of likely N-dealkylation sites (N-methyl/N-ethyl adjacent to an activating group) is 1. The van der Waals surface area contributed by atoms with E-state index in [0.29, 0.717) is 5.92 Å². The van der Waals surface area contributed by atoms with Crippen molar-refractivity contribution in [2.24, 2.45) is 0 Å². The number of aryl methyl sites for hydroxylation is 1. The van der Waals surface area contributed by atoms with E-state index in [1.54, 1.807) is 13.0 Å². The van der Waals surface area contributed by atoms with Gasteiger partial charge in [-0.05, 0) is 50.4 Å². The smallest absolute Gasteiger partial charge is 0.320 e. The Bertz CT molecular complexity index is 512. The summed E-state index contributed by atoms with van der Waals surface area (Å²) in [5.41, 5.74) is 3.25. The number of nitrogens with zero attached hydrogens (tertiary/aromatic N) is 1. The topological polar surface area (TPSA) is 60.8 Å². The molecule has 3 unspecified atom stereocenters. The van der Waals surface area contributed by atoms with Crippen LogP contribution in [0.15, 0.2) is 12.1 Å². The molecule has 0 amide bonds. The highest BCUT2D eigenvalue weighted by molar-refractivity contribution is 5.73. The summed E-state index contributed by atoms with van der Waals surface area (Å²) in [6, 6.07) is 3.03. The van der Waals surface area contributed by atoms with Gasteiger partial charge in [0.25, 0.3) is 0 Å². The zero-order valence-electron chi connectivity index (χ0n) is 11.8. The fourth-order valence-corrected chi connectivity index (χ4v) is 3.12. The molecule has 2 N–H and O–H groups in total. The van der Waals surface area contributed by atoms with Crippen LogP contribution in [-0.4, -0.2) is 34.2 Å². The van der Waals surface area contributed by atoms with Crippen LogP contribution in [0.4, 0.5) is 0 Å². The molecule has 0 saturated heterocycles. The molecule has 2 rings (SSSR count). The van der Waals surface area contributed by atoms with Gasteiger partial charge in [0.05, 0.1) is 0 Å². The number of aliphatic carboxylic acids is 1. The van der Waals surface area contributed by atoms with Gasteiger partial charge < -0.3 is 10.2 Å². The molecule has 0 aliphatic heterocycles. The van der Waals surface area contributed by atoms with Gasteiger partial charge in [0.2, 0.25) is 0 Å². The molecular weight excluding hydrogens is 242 g/mol. The average Bonchev–Trinajstić information content (AvgIpc) is 2.71. The molecule has 4 nitrogen and oxygen atoms in total. The van der Waals surface area contributed by atoms with Crippen LogP contribution >= 0.6 is 0 Å². The third kappa shape index (κ3) is 2.21. The van der Waals surface area contributed by atoms with Crippen LogP contribution in [0.25, 0.3) is 0 Å². The minimum absolute atomic E-state index is 0.0315. The van der Waals surface area contributed by atoms with Gasteiger partial charge in [-0.25, -0.2) is 0 Å². The van der Waals surface area contributed by atoms with E-state index in [1.165, 1.54) is 11.1 Å². The Morgan fingerprint density at radius 2 is 2.05 bits per heavy atom. The van der Waals surface area contributed by atoms with Gasteiger partial charge in [-0.3, -0.25) is 9.69 Å². The Balaban J connectivity index is 2.44. The van der Waals surface area contributed by atoms with Crippen LogP contribution in [0, 0.1) is 6.92 Å². The third-order valence-corrected chi connectivity index (χ3v) is 4.34. The normalized spacial score (nSPS) is 23.4. The van der Waals surface area contributed by atoms with Crippen LogP contribution in [0.5, 0.6) is 5.75 Å². The van der Waals surface area contributed by atoms with Crippen LogP contribution < -0.4 is 0 Å². The highest BCUT2D eigenvalue weighted by atomic mass is 16.4. The Morgan fingerprint density at radius 1 is 1.42 bits per heavy atom. The maximum absolute atomic E-state index is 11.1. The molecule has 19 heavy (non-hydrogen) atoms. The van der Waals surface area contributed by atoms with E-state index >= 15 is 0 Å². The maximum atomic E-state index is 11.1. The fraction of sp³-hybridized carbons (Fsp3) is 0.533. The van der Waals surface area contributed by atoms with Gasteiger partial charge in [-0.15, -0.1) is 0 Å². The number of rotatable bonds is 3. The quantitative estimate of drug-likeness (QED) is 0.880. The van der Waals surface area contributed by atoms with Gasteiger partial charge >= 0.3 is 5.97 Å². The number of hydrogen-bond acceptors (Lipinski definition) is 3. The number of carbonyl (C=O) groups is 1. The first-order valence-corrected chi connectivity index (χ1v) is 6.61. The van der Waals surface area contributed by atoms with Gasteiger partial charge in [-0.1, -0.05) is 13.0 Å². The summed E-state index contributed by atoms with van der Waals surface area (Å²) in [5, 5.41) is 19.3. The standard InChI is InChI=1S/C15H21NO3/c1-8-5-6-12(17)14-11(7-9(2)13(8)14)16(4)10(3)15(18)19/h5-6,9-11,17H,7H2,1-4H3,(H,18,19). The number of aromatic hydroxyl groups is 1. The molecule has 0 radical (unpaired) electrons. The van der Waals surface area contributed by atoms with Gasteiger partial charge in [0.15, 0.2) is 0 Å². The summed E-state index contributed by atoms with van der Waals surface area (Å²) in [6.45, 7) is 5.85. The van der Waals surface area contributed by atoms with E-state index in [1.807, 2.05) is 24.9 Å². The van der Waals surface area contributed by atoms with Crippen LogP contribution in [0.2, 0.25) is 0 Å². The second-order valence-corrected chi connectivity index (χ2v) is 5.56. The lowest BCUT2D eigenvalue weighted by Crippen LogP contribution is -2.38. The van der Waals surface area contributed by atoms with Crippen molar-refractivity contribution in [2.75, 3.05) is 7.05 Å². The molecule has 1 aromatic carbocycles. The van der Waals surface area contributed by atoms with Crippen LogP contribution in [-0.2, 0) is 4.79 Å². The predicted molar refractivity (Wildman–Crippen MR) is 73.5 cm³/mol. The first-order chi connectivity index (χ1) is 8.84. The highest BCUT2D eigenvalue weighted by Crippen LogP contribution is 2.48. The van der Waals surface area contributed by atoms with Crippen LogP contribution in [0.3, 0.4) is 0 Å². The first kappa shape index (κ1) is 13.9. The van der Waals surface area contributed by atoms with Crippen molar-refractivity contribution in [3.63, 3.8) is 0 Å². The molecule has 0 heterocycles. The number of benzene rings is 1. The summed E-state index contributed by atoms with van der Waals surface area (Å²) in [5.74, 6) is -0.217. The van der Waals surface area contributed by atoms with Crippen molar-refractivity contribution in [1.82, 2.24) is 4.90 Å². The lowest BCUT2D eigenvalue weighted by atomic mass is 9.97. The number of carboxylic acid groups (broad SMARTS) is 1. The van der Waals surface area contributed by atoms with E-state index < -0.39 is 12.0 Å². The van der Waals surface area contributed by atoms with Gasteiger partial charge in [-0.2, -0.15) is 0 Å². The molecule has 0 fully saturated rings. The molecule has 104 valence electrons. The van der Waals surface area contributed by atoms with Crippen molar-refractivity contribution >= 4 is 5.97 Å². The molecule has 1 aliphatic carbocycles. The van der Waals surface area contributed by atoms with E-state index in [0.717, 1.165) is 12.0 Å². The molecule has 3 atom stereocenters. The molecule has 4 heteroatoms. The van der Waals surface area contributed by atoms with E-state index in [2.05, 4.69) is 6.92 Å².